The molecule has 1 aromatic carbocycles. The van der Waals surface area contributed by atoms with E-state index in [1.165, 1.54) is 12.3 Å². The molecular weight excluding hydrogens is 522 g/mol. The summed E-state index contributed by atoms with van der Waals surface area (Å²) in [5.41, 5.74) is 9.53. The van der Waals surface area contributed by atoms with Gasteiger partial charge in [-0.15, -0.1) is 0 Å². The molecule has 32 heavy (non-hydrogen) atoms. The number of alkyl halides is 1. The van der Waals surface area contributed by atoms with Crippen molar-refractivity contribution in [3.8, 4) is 11.1 Å². The molecule has 1 aliphatic heterocycles. The molecule has 0 radical (unpaired) electrons. The number of nitrogen functional groups attached to an aromatic ring is 1. The fraction of sp³-hybridized carbons (Fsp3) is 0.0435. The second kappa shape index (κ2) is 8.15. The van der Waals surface area contributed by atoms with Gasteiger partial charge in [0.05, 0.1) is 0 Å². The summed E-state index contributed by atoms with van der Waals surface area (Å²) in [7, 11) is 0. The van der Waals surface area contributed by atoms with Gasteiger partial charge in [0.1, 0.15) is 0 Å². The van der Waals surface area contributed by atoms with Gasteiger partial charge in [0.25, 0.3) is 0 Å². The summed E-state index contributed by atoms with van der Waals surface area (Å²) in [6.45, 7) is 0. The van der Waals surface area contributed by atoms with Crippen LogP contribution < -0.4 is 5.73 Å². The Bertz CT molecular complexity index is 1400. The maximum atomic E-state index is 14.4. The maximum absolute atomic E-state index is 14.4. The van der Waals surface area contributed by atoms with Crippen molar-refractivity contribution in [2.75, 3.05) is 5.73 Å². The Morgan fingerprint density at radius 1 is 1.09 bits per heavy atom. The average Bonchev–Trinajstić information content (AvgIpc) is 3.44. The molecule has 0 amide bonds. The summed E-state index contributed by atoms with van der Waals surface area (Å²) in [6.07, 6.45) is 8.42. The Morgan fingerprint density at radius 3 is 2.69 bits per heavy atom. The summed E-state index contributed by atoms with van der Waals surface area (Å²) in [6, 6.07) is 12.2. The van der Waals surface area contributed by atoms with Crippen molar-refractivity contribution in [2.24, 2.45) is 3.21 Å². The van der Waals surface area contributed by atoms with E-state index in [2.05, 4.69) is 24.6 Å². The summed E-state index contributed by atoms with van der Waals surface area (Å²) in [5, 5.41) is 4.08. The SMILES string of the molecule is C=I1(Cc2ccccc2F)N=C(c2ncc(-c3cccnc3)c(N)n2)C=C1c1ccon1. The molecule has 1 unspecified atom stereocenters. The van der Waals surface area contributed by atoms with Crippen molar-refractivity contribution < 1.29 is 8.91 Å². The number of rotatable bonds is 5. The first-order valence-electron chi connectivity index (χ1n) is 9.59. The number of benzene rings is 1. The molecule has 0 saturated carbocycles. The molecule has 0 saturated heterocycles. The van der Waals surface area contributed by atoms with E-state index in [4.69, 9.17) is 13.5 Å². The summed E-state index contributed by atoms with van der Waals surface area (Å²) in [5.74, 6) is 0.437. The molecule has 9 heteroatoms. The van der Waals surface area contributed by atoms with Crippen molar-refractivity contribution in [3.05, 3.63) is 96.3 Å². The predicted molar refractivity (Wildman–Crippen MR) is 132 cm³/mol. The Labute approximate surface area is 187 Å². The van der Waals surface area contributed by atoms with Gasteiger partial charge >= 0.3 is 188 Å². The van der Waals surface area contributed by atoms with Crippen molar-refractivity contribution in [1.82, 2.24) is 20.1 Å². The first-order valence-corrected chi connectivity index (χ1v) is 14.7. The van der Waals surface area contributed by atoms with E-state index in [1.54, 1.807) is 36.8 Å². The first-order chi connectivity index (χ1) is 15.5. The second-order valence-corrected chi connectivity index (χ2v) is 13.9. The van der Waals surface area contributed by atoms with Crippen molar-refractivity contribution in [1.29, 1.82) is 0 Å². The van der Waals surface area contributed by atoms with Gasteiger partial charge in [-0.1, -0.05) is 0 Å². The van der Waals surface area contributed by atoms with Crippen LogP contribution >= 0.6 is 18.2 Å². The van der Waals surface area contributed by atoms with Crippen molar-refractivity contribution in [3.63, 3.8) is 0 Å². The Morgan fingerprint density at radius 2 is 1.97 bits per heavy atom. The van der Waals surface area contributed by atoms with E-state index in [1.807, 2.05) is 24.3 Å². The summed E-state index contributed by atoms with van der Waals surface area (Å²) in [4.78, 5) is 13.1. The zero-order valence-electron chi connectivity index (χ0n) is 16.8. The summed E-state index contributed by atoms with van der Waals surface area (Å²) < 4.78 is 30.2. The van der Waals surface area contributed by atoms with Crippen LogP contribution in [0.3, 0.4) is 0 Å². The Hall–Kier alpha value is -3.60. The van der Waals surface area contributed by atoms with Gasteiger partial charge in [0.2, 0.25) is 0 Å². The van der Waals surface area contributed by atoms with E-state index >= 15 is 0 Å². The molecule has 0 spiro atoms. The third-order valence-corrected chi connectivity index (χ3v) is 11.5. The molecule has 5 rings (SSSR count). The molecule has 4 heterocycles. The average molecular weight is 540 g/mol. The number of anilines is 1. The molecule has 1 aliphatic rings. The van der Waals surface area contributed by atoms with E-state index in [9.17, 15) is 4.39 Å². The fourth-order valence-corrected chi connectivity index (χ4v) is 9.72. The number of halogens is 2. The molecule has 1 atom stereocenters. The van der Waals surface area contributed by atoms with Crippen LogP contribution in [0.2, 0.25) is 0 Å². The molecule has 160 valence electrons. The van der Waals surface area contributed by atoms with Crippen LogP contribution in [0.15, 0.2) is 81.1 Å². The molecule has 4 aromatic rings. The van der Waals surface area contributed by atoms with Crippen LogP contribution in [-0.4, -0.2) is 30.3 Å². The minimum absolute atomic E-state index is 0.274. The van der Waals surface area contributed by atoms with Crippen LogP contribution in [0, 0.1) is 5.82 Å². The Balaban J connectivity index is 1.57. The van der Waals surface area contributed by atoms with Gasteiger partial charge in [-0.25, -0.2) is 0 Å². The second-order valence-electron chi connectivity index (χ2n) is 7.09. The molecule has 2 N–H and O–H groups in total. The quantitative estimate of drug-likeness (QED) is 0.291. The van der Waals surface area contributed by atoms with E-state index in [0.717, 1.165) is 9.14 Å². The van der Waals surface area contributed by atoms with E-state index in [-0.39, 0.29) is 5.82 Å². The fourth-order valence-electron chi connectivity index (χ4n) is 3.37. The predicted octanol–water partition coefficient (Wildman–Crippen LogP) is 4.68. The van der Waals surface area contributed by atoms with Crippen molar-refractivity contribution >= 4 is 37.9 Å². The van der Waals surface area contributed by atoms with E-state index in [0.29, 0.717) is 38.6 Å². The van der Waals surface area contributed by atoms with Crippen molar-refractivity contribution in [2.45, 2.75) is 4.43 Å². The van der Waals surface area contributed by atoms with Crippen LogP contribution in [-0.2, 0) is 4.43 Å². The van der Waals surface area contributed by atoms with E-state index < -0.39 is 18.2 Å². The number of hydrogen-bond donors (Lipinski definition) is 1. The number of allylic oxidation sites excluding steroid dienone is 1. The van der Waals surface area contributed by atoms with Crippen LogP contribution in [0.1, 0.15) is 17.1 Å². The summed E-state index contributed by atoms with van der Waals surface area (Å²) >= 11 is -3.36. The van der Waals surface area contributed by atoms with Crippen LogP contribution in [0.4, 0.5) is 10.2 Å². The van der Waals surface area contributed by atoms with Gasteiger partial charge in [-0.2, -0.15) is 0 Å². The van der Waals surface area contributed by atoms with Gasteiger partial charge in [0, 0.05) is 0 Å². The van der Waals surface area contributed by atoms with Crippen LogP contribution in [0.5, 0.6) is 0 Å². The third-order valence-electron chi connectivity index (χ3n) is 4.92. The zero-order chi connectivity index (χ0) is 22.1. The first kappa shape index (κ1) is 20.3. The molecule has 7 nitrogen and oxygen atoms in total. The normalized spacial score (nSPS) is 19.8. The van der Waals surface area contributed by atoms with Gasteiger partial charge in [0.15, 0.2) is 0 Å². The number of aromatic nitrogens is 4. The molecule has 3 aromatic heterocycles. The molecule has 0 aliphatic carbocycles. The van der Waals surface area contributed by atoms with Crippen LogP contribution in [0.25, 0.3) is 14.7 Å². The monoisotopic (exact) mass is 540 g/mol. The third kappa shape index (κ3) is 3.75. The topological polar surface area (TPSA) is 103 Å². The molecule has 0 bridgehead atoms. The van der Waals surface area contributed by atoms with Gasteiger partial charge in [-0.05, 0) is 0 Å². The molecular formula is C23H18FIN6O. The number of nitrogens with zero attached hydrogens (tertiary/aromatic N) is 5. The standard InChI is InChI=1S/C23H18FIN6O/c1-25(12-15-5-2-3-7-18(15)24)19(20-8-10-32-31-20)11-21(30-25)23-28-14-17(22(26)29-23)16-6-4-9-27-13-16/h2-11,13-14H,1,12H2,(H2,26,28,29). The molecule has 0 fully saturated rings. The number of pyridine rings is 1. The van der Waals surface area contributed by atoms with Gasteiger partial charge in [-0.3, -0.25) is 0 Å². The number of nitrogens with two attached hydrogens (primary N) is 1. The Kier molecular flexibility index (Phi) is 5.17. The minimum atomic E-state index is -3.36. The van der Waals surface area contributed by atoms with Gasteiger partial charge < -0.3 is 0 Å². The number of hydrogen-bond acceptors (Lipinski definition) is 7. The zero-order valence-corrected chi connectivity index (χ0v) is 19.0.